The number of hydrogen-bond acceptors (Lipinski definition) is 4. The summed E-state index contributed by atoms with van der Waals surface area (Å²) in [5, 5.41) is 6.08. The molecule has 6 heteroatoms. The Morgan fingerprint density at radius 1 is 1.12 bits per heavy atom. The summed E-state index contributed by atoms with van der Waals surface area (Å²) in [6.45, 7) is 2.28. The predicted octanol–water partition coefficient (Wildman–Crippen LogP) is 2.56. The number of halogens is 1. The van der Waals surface area contributed by atoms with Crippen molar-refractivity contribution in [3.63, 3.8) is 0 Å². The zero-order valence-corrected chi connectivity index (χ0v) is 14.8. The molecule has 0 aliphatic heterocycles. The number of carbonyl (C=O) groups excluding carboxylic acids is 1. The van der Waals surface area contributed by atoms with E-state index >= 15 is 0 Å². The van der Waals surface area contributed by atoms with Crippen molar-refractivity contribution >= 4 is 11.7 Å². The lowest BCUT2D eigenvalue weighted by molar-refractivity contribution is 0.0952. The molecule has 1 heterocycles. The van der Waals surface area contributed by atoms with E-state index in [2.05, 4.69) is 20.5 Å². The quantitative estimate of drug-likeness (QED) is 0.687. The topological polar surface area (TPSA) is 57.3 Å². The average Bonchev–Trinajstić information content (AvgIpc) is 2.61. The molecule has 0 saturated heterocycles. The first-order valence-corrected chi connectivity index (χ1v) is 8.42. The molecule has 0 aliphatic carbocycles. The van der Waals surface area contributed by atoms with Gasteiger partial charge in [-0.05, 0) is 63.3 Å². The van der Waals surface area contributed by atoms with Crippen molar-refractivity contribution in [3.8, 4) is 0 Å². The summed E-state index contributed by atoms with van der Waals surface area (Å²) >= 11 is 0. The van der Waals surface area contributed by atoms with Crippen LogP contribution in [0.3, 0.4) is 0 Å². The maximum atomic E-state index is 12.8. The van der Waals surface area contributed by atoms with Crippen molar-refractivity contribution in [3.05, 3.63) is 59.5 Å². The lowest BCUT2D eigenvalue weighted by atomic mass is 10.1. The van der Waals surface area contributed by atoms with Crippen LogP contribution in [-0.4, -0.2) is 49.5 Å². The number of amides is 1. The van der Waals surface area contributed by atoms with Crippen LogP contribution in [-0.2, 0) is 6.42 Å². The first kappa shape index (κ1) is 18.9. The van der Waals surface area contributed by atoms with Gasteiger partial charge in [-0.3, -0.25) is 4.79 Å². The summed E-state index contributed by atoms with van der Waals surface area (Å²) in [6.07, 6.45) is 3.26. The average molecular weight is 344 g/mol. The van der Waals surface area contributed by atoms with Crippen molar-refractivity contribution in [2.75, 3.05) is 39.0 Å². The first-order chi connectivity index (χ1) is 12.0. The summed E-state index contributed by atoms with van der Waals surface area (Å²) in [5.41, 5.74) is 1.61. The summed E-state index contributed by atoms with van der Waals surface area (Å²) in [7, 11) is 4.01. The highest BCUT2D eigenvalue weighted by Crippen LogP contribution is 2.07. The highest BCUT2D eigenvalue weighted by molar-refractivity contribution is 5.94. The van der Waals surface area contributed by atoms with Crippen LogP contribution in [0.25, 0.3) is 0 Å². The Labute approximate surface area is 148 Å². The molecule has 1 amide bonds. The molecule has 5 nitrogen and oxygen atoms in total. The van der Waals surface area contributed by atoms with Gasteiger partial charge in [0, 0.05) is 19.3 Å². The number of hydrogen-bond donors (Lipinski definition) is 2. The Morgan fingerprint density at radius 2 is 1.88 bits per heavy atom. The van der Waals surface area contributed by atoms with Crippen LogP contribution in [0.1, 0.15) is 22.3 Å². The highest BCUT2D eigenvalue weighted by Gasteiger charge is 2.05. The van der Waals surface area contributed by atoms with Gasteiger partial charge in [0.2, 0.25) is 0 Å². The van der Waals surface area contributed by atoms with E-state index < -0.39 is 0 Å². The van der Waals surface area contributed by atoms with Gasteiger partial charge >= 0.3 is 0 Å². The number of aromatic nitrogens is 1. The Hall–Kier alpha value is -2.47. The maximum absolute atomic E-state index is 12.8. The Balaban J connectivity index is 1.73. The van der Waals surface area contributed by atoms with Crippen molar-refractivity contribution in [1.82, 2.24) is 15.2 Å². The van der Waals surface area contributed by atoms with Crippen LogP contribution < -0.4 is 10.6 Å². The predicted molar refractivity (Wildman–Crippen MR) is 98.3 cm³/mol. The molecule has 2 aromatic rings. The van der Waals surface area contributed by atoms with Gasteiger partial charge in [0.1, 0.15) is 11.6 Å². The van der Waals surface area contributed by atoms with E-state index in [1.807, 2.05) is 14.1 Å². The second-order valence-corrected chi connectivity index (χ2v) is 6.15. The molecule has 0 fully saturated rings. The molecule has 0 radical (unpaired) electrons. The summed E-state index contributed by atoms with van der Waals surface area (Å²) in [4.78, 5) is 18.4. The Kier molecular flexibility index (Phi) is 7.35. The van der Waals surface area contributed by atoms with Gasteiger partial charge in [0.05, 0.1) is 5.56 Å². The van der Waals surface area contributed by atoms with E-state index in [1.165, 1.54) is 12.1 Å². The Morgan fingerprint density at radius 3 is 2.52 bits per heavy atom. The fourth-order valence-corrected chi connectivity index (χ4v) is 2.32. The van der Waals surface area contributed by atoms with E-state index in [1.54, 1.807) is 30.5 Å². The second-order valence-electron chi connectivity index (χ2n) is 6.15. The molecule has 2 N–H and O–H groups in total. The fraction of sp³-hybridized carbons (Fsp3) is 0.368. The lowest BCUT2D eigenvalue weighted by Crippen LogP contribution is -2.27. The number of rotatable bonds is 9. The van der Waals surface area contributed by atoms with Gasteiger partial charge < -0.3 is 15.5 Å². The zero-order chi connectivity index (χ0) is 18.1. The smallest absolute Gasteiger partial charge is 0.252 e. The standard InChI is InChI=1S/C19H25FN4O/c1-24(2)13-3-11-22-19(25)16-6-9-18(23-14-16)21-12-10-15-4-7-17(20)8-5-15/h4-9,14H,3,10-13H2,1-2H3,(H,21,23)(H,22,25). The van der Waals surface area contributed by atoms with Crippen LogP contribution >= 0.6 is 0 Å². The number of pyridine rings is 1. The van der Waals surface area contributed by atoms with E-state index in [4.69, 9.17) is 0 Å². The lowest BCUT2D eigenvalue weighted by Gasteiger charge is -2.10. The van der Waals surface area contributed by atoms with Gasteiger partial charge in [0.15, 0.2) is 0 Å². The van der Waals surface area contributed by atoms with Crippen molar-refractivity contribution < 1.29 is 9.18 Å². The fourth-order valence-electron chi connectivity index (χ4n) is 2.32. The Bertz CT molecular complexity index is 656. The van der Waals surface area contributed by atoms with Crippen molar-refractivity contribution in [2.24, 2.45) is 0 Å². The second kappa shape index (κ2) is 9.74. The molecule has 25 heavy (non-hydrogen) atoms. The van der Waals surface area contributed by atoms with Crippen LogP contribution in [0.4, 0.5) is 10.2 Å². The molecule has 134 valence electrons. The van der Waals surface area contributed by atoms with Gasteiger partial charge in [-0.25, -0.2) is 9.37 Å². The third-order valence-electron chi connectivity index (χ3n) is 3.73. The molecule has 0 bridgehead atoms. The van der Waals surface area contributed by atoms with E-state index in [0.29, 0.717) is 24.5 Å². The van der Waals surface area contributed by atoms with Crippen LogP contribution in [0.15, 0.2) is 42.6 Å². The minimum Gasteiger partial charge on any atom is -0.370 e. The van der Waals surface area contributed by atoms with Gasteiger partial charge in [0.25, 0.3) is 5.91 Å². The van der Waals surface area contributed by atoms with Crippen molar-refractivity contribution in [2.45, 2.75) is 12.8 Å². The number of anilines is 1. The number of nitrogens with zero attached hydrogens (tertiary/aromatic N) is 2. The molecule has 0 unspecified atom stereocenters. The normalized spacial score (nSPS) is 10.7. The van der Waals surface area contributed by atoms with Crippen LogP contribution in [0.5, 0.6) is 0 Å². The molecule has 0 atom stereocenters. The number of nitrogens with one attached hydrogen (secondary N) is 2. The van der Waals surface area contributed by atoms with Crippen LogP contribution in [0.2, 0.25) is 0 Å². The molecule has 0 saturated carbocycles. The van der Waals surface area contributed by atoms with Gasteiger partial charge in [-0.1, -0.05) is 12.1 Å². The summed E-state index contributed by atoms with van der Waals surface area (Å²) in [5.74, 6) is 0.379. The van der Waals surface area contributed by atoms with Gasteiger partial charge in [-0.15, -0.1) is 0 Å². The van der Waals surface area contributed by atoms with E-state index in [-0.39, 0.29) is 11.7 Å². The SMILES string of the molecule is CN(C)CCCNC(=O)c1ccc(NCCc2ccc(F)cc2)nc1. The molecule has 0 aliphatic rings. The van der Waals surface area contributed by atoms with Gasteiger partial charge in [-0.2, -0.15) is 0 Å². The minimum absolute atomic E-state index is 0.107. The first-order valence-electron chi connectivity index (χ1n) is 8.42. The summed E-state index contributed by atoms with van der Waals surface area (Å²) in [6, 6.07) is 10.0. The third-order valence-corrected chi connectivity index (χ3v) is 3.73. The number of benzene rings is 1. The molecular weight excluding hydrogens is 319 g/mol. The molecule has 2 rings (SSSR count). The van der Waals surface area contributed by atoms with E-state index in [9.17, 15) is 9.18 Å². The molecule has 1 aromatic heterocycles. The number of carbonyl (C=O) groups is 1. The molecular formula is C19H25FN4O. The maximum Gasteiger partial charge on any atom is 0.252 e. The highest BCUT2D eigenvalue weighted by atomic mass is 19.1. The summed E-state index contributed by atoms with van der Waals surface area (Å²) < 4.78 is 12.8. The largest absolute Gasteiger partial charge is 0.370 e. The molecule has 1 aromatic carbocycles. The van der Waals surface area contributed by atoms with E-state index in [0.717, 1.165) is 24.9 Å². The monoisotopic (exact) mass is 344 g/mol. The van der Waals surface area contributed by atoms with Crippen molar-refractivity contribution in [1.29, 1.82) is 0 Å². The molecule has 0 spiro atoms. The van der Waals surface area contributed by atoms with Crippen LogP contribution in [0, 0.1) is 5.82 Å². The third kappa shape index (κ3) is 6.89. The zero-order valence-electron chi connectivity index (χ0n) is 14.8. The minimum atomic E-state index is -0.228.